The van der Waals surface area contributed by atoms with Crippen LogP contribution in [0.4, 0.5) is 4.79 Å². The van der Waals surface area contributed by atoms with E-state index < -0.39 is 146 Å². The van der Waals surface area contributed by atoms with Crippen molar-refractivity contribution >= 4 is 77.8 Å². The van der Waals surface area contributed by atoms with Gasteiger partial charge in [-0.25, -0.2) is 14.6 Å². The second-order valence-corrected chi connectivity index (χ2v) is 29.7. The minimum atomic E-state index is -2.84. The van der Waals surface area contributed by atoms with Crippen molar-refractivity contribution < 1.29 is 67.6 Å². The zero-order valence-corrected chi connectivity index (χ0v) is 52.2. The van der Waals surface area contributed by atoms with E-state index in [0.29, 0.717) is 11.1 Å². The van der Waals surface area contributed by atoms with Crippen molar-refractivity contribution in [3.8, 4) is 0 Å². The van der Waals surface area contributed by atoms with E-state index in [4.69, 9.17) is 13.9 Å². The molecule has 0 fully saturated rings. The number of allylic oxidation sites excluding steroid dienone is 2. The summed E-state index contributed by atoms with van der Waals surface area (Å²) in [7, 11) is -2.84. The number of carbonyl (C=O) groups is 8. The number of esters is 1. The lowest BCUT2D eigenvalue weighted by molar-refractivity contribution is -0.159. The summed E-state index contributed by atoms with van der Waals surface area (Å²) >= 11 is 3.46. The van der Waals surface area contributed by atoms with Crippen molar-refractivity contribution in [1.82, 2.24) is 46.8 Å². The van der Waals surface area contributed by atoms with Crippen LogP contribution in [0.5, 0.6) is 0 Å². The van der Waals surface area contributed by atoms with Crippen LogP contribution in [-0.2, 0) is 66.8 Å². The highest BCUT2D eigenvalue weighted by Crippen LogP contribution is 2.38. The largest absolute Gasteiger partial charge is 0.458 e. The lowest BCUT2D eigenvalue weighted by atomic mass is 10.0. The fraction of sp³-hybridized carbons (Fsp3) is 0.534. The summed E-state index contributed by atoms with van der Waals surface area (Å²) in [5.41, 5.74) is 0.163. The molecule has 0 aliphatic carbocycles. The fourth-order valence-corrected chi connectivity index (χ4v) is 9.54. The number of imidazole rings is 1. The predicted octanol–water partition coefficient (Wildman–Crippen LogP) is 3.39. The quantitative estimate of drug-likeness (QED) is 0.0666. The highest BCUT2D eigenvalue weighted by Gasteiger charge is 2.42. The van der Waals surface area contributed by atoms with Crippen LogP contribution in [0.15, 0.2) is 89.3 Å². The molecule has 0 unspecified atom stereocenters. The van der Waals surface area contributed by atoms with Gasteiger partial charge in [0.25, 0.3) is 0 Å². The summed E-state index contributed by atoms with van der Waals surface area (Å²) < 4.78 is 20.4. The Hall–Kier alpha value is -6.77. The molecule has 2 heterocycles. The second kappa shape index (κ2) is 30.2. The van der Waals surface area contributed by atoms with Gasteiger partial charge in [0.1, 0.15) is 47.5 Å². The molecule has 2 bridgehead atoms. The molecule has 0 spiro atoms. The number of hydrogen-bond donors (Lipinski definition) is 10. The molecular weight excluding hydrogens is 1150 g/mol. The lowest BCUT2D eigenvalue weighted by Crippen LogP contribution is -2.62. The van der Waals surface area contributed by atoms with Crippen molar-refractivity contribution in [2.24, 2.45) is 0 Å². The molecule has 25 heteroatoms. The molecule has 0 saturated heterocycles. The maximum atomic E-state index is 15.1. The molecule has 9 atom stereocenters. The zero-order chi connectivity index (χ0) is 62.2. The summed E-state index contributed by atoms with van der Waals surface area (Å²) in [5.74, 6) is -6.80. The first-order chi connectivity index (χ1) is 38.6. The molecule has 1 aromatic heterocycles. The Morgan fingerprint density at radius 2 is 1.35 bits per heavy atom. The number of alkyl carbamates (subject to hydrolysis) is 1. The molecule has 23 nitrogen and oxygen atoms in total. The van der Waals surface area contributed by atoms with E-state index >= 15 is 4.79 Å². The van der Waals surface area contributed by atoms with Crippen LogP contribution in [0.25, 0.3) is 6.08 Å². The predicted molar refractivity (Wildman–Crippen MR) is 316 cm³/mol. The summed E-state index contributed by atoms with van der Waals surface area (Å²) in [4.78, 5) is 118. The van der Waals surface area contributed by atoms with Crippen LogP contribution < -0.4 is 37.2 Å². The van der Waals surface area contributed by atoms with Crippen LogP contribution in [0.1, 0.15) is 99.4 Å². The molecule has 7 amide bonds. The van der Waals surface area contributed by atoms with E-state index in [9.17, 15) is 48.9 Å². The van der Waals surface area contributed by atoms with Crippen LogP contribution in [0.2, 0.25) is 18.1 Å². The Labute approximate surface area is 495 Å². The standard InChI is InChI=1S/C58H84BrN9O14Si/c1-34(19-20-36-21-23-38(59)24-22-36)25-46(82-83(12,13)58(9,10)11)40-28-47(72)61-44(31-69)51(75)64-43(54(78)80-56(3,4)5)30-68-29-39(60-33-68)27-42(66-55(79)81-57(6,7)8)50(74)67-48(35(2)71)53(77)65-45(32-70)52(76)63-41(49(73)62-40)26-37-17-15-14-16-18-37/h14-25,29,33,35,40-46,48,69-71H,26-28,30-32H2,1-13H3,(H,61,72)(H,62,73)(H,63,76)(H,64,75)(H,65,77)(H,66,79)(H,67,74)/b20-19+,34-25+/t35-,40-,41+,42+,43-,44+,45+,46-,48-/m0/s1. The Balaban J connectivity index is 1.93. The summed E-state index contributed by atoms with van der Waals surface area (Å²) in [6.07, 6.45) is 3.26. The second-order valence-electron chi connectivity index (χ2n) is 24.0. The highest BCUT2D eigenvalue weighted by atomic mass is 79.9. The van der Waals surface area contributed by atoms with Crippen LogP contribution >= 0.6 is 15.9 Å². The Morgan fingerprint density at radius 3 is 1.93 bits per heavy atom. The Kier molecular flexibility index (Phi) is 25.0. The highest BCUT2D eigenvalue weighted by molar-refractivity contribution is 9.10. The third-order valence-electron chi connectivity index (χ3n) is 13.3. The number of rotatable bonds is 13. The molecule has 0 radical (unpaired) electrons. The summed E-state index contributed by atoms with van der Waals surface area (Å²) in [6, 6.07) is 5.09. The van der Waals surface area contributed by atoms with Gasteiger partial charge in [0.05, 0.1) is 50.0 Å². The van der Waals surface area contributed by atoms with Gasteiger partial charge < -0.3 is 71.0 Å². The van der Waals surface area contributed by atoms with Gasteiger partial charge in [0, 0.05) is 29.9 Å². The molecule has 10 N–H and O–H groups in total. The van der Waals surface area contributed by atoms with E-state index in [-0.39, 0.29) is 25.1 Å². The van der Waals surface area contributed by atoms with E-state index in [1.807, 2.05) is 77.2 Å². The van der Waals surface area contributed by atoms with Gasteiger partial charge in [0.15, 0.2) is 8.32 Å². The van der Waals surface area contributed by atoms with Crippen molar-refractivity contribution in [3.05, 3.63) is 106 Å². The minimum absolute atomic E-state index is 0.140. The van der Waals surface area contributed by atoms with Gasteiger partial charge in [-0.05, 0) is 96.8 Å². The van der Waals surface area contributed by atoms with E-state index in [0.717, 1.165) is 10.0 Å². The summed E-state index contributed by atoms with van der Waals surface area (Å²) in [6.45, 7) is 20.3. The molecule has 1 aliphatic heterocycles. The molecule has 456 valence electrons. The lowest BCUT2D eigenvalue weighted by Gasteiger charge is -2.41. The van der Waals surface area contributed by atoms with Crippen molar-refractivity contribution in [3.63, 3.8) is 0 Å². The number of halogens is 1. The fourth-order valence-electron chi connectivity index (χ4n) is 8.01. The number of hydrogen-bond acceptors (Lipinski definition) is 15. The van der Waals surface area contributed by atoms with Gasteiger partial charge in [-0.15, -0.1) is 0 Å². The molecule has 3 aromatic rings. The monoisotopic (exact) mass is 1240 g/mol. The maximum Gasteiger partial charge on any atom is 0.408 e. The Morgan fingerprint density at radius 1 is 0.771 bits per heavy atom. The summed E-state index contributed by atoms with van der Waals surface area (Å²) in [5, 5.41) is 49.9. The first kappa shape index (κ1) is 68.7. The van der Waals surface area contributed by atoms with Gasteiger partial charge >= 0.3 is 12.1 Å². The average molecular weight is 1240 g/mol. The molecular formula is C58H84BrN9O14Si. The van der Waals surface area contributed by atoms with Crippen LogP contribution in [0, 0.1) is 0 Å². The Bertz CT molecular complexity index is 2790. The topological polar surface area (TPSA) is 327 Å². The van der Waals surface area contributed by atoms with Crippen molar-refractivity contribution in [1.29, 1.82) is 0 Å². The number of aromatic nitrogens is 2. The first-order valence-electron chi connectivity index (χ1n) is 27.3. The molecule has 1 aliphatic rings. The average Bonchev–Trinajstić information content (AvgIpc) is 3.94. The number of aliphatic hydroxyl groups excluding tert-OH is 3. The number of carbonyl (C=O) groups excluding carboxylic acids is 8. The van der Waals surface area contributed by atoms with Crippen molar-refractivity contribution in [2.75, 3.05) is 13.2 Å². The zero-order valence-electron chi connectivity index (χ0n) is 49.6. The SMILES string of the molecule is CC(/C=C/c1ccc(Br)cc1)=C\[C@H](O[Si](C)(C)C(C)(C)C)[C@@H]1CC(=O)N[C@H](CO)C(=O)N[C@H](C(=O)OC(C)(C)C)Cn2cnc(c2)C[C@@H](NC(=O)OC(C)(C)C)C(=O)N[C@@H]([C@H](C)O)C(=O)N[C@H](CO)C(=O)N[C@H](Cc2ccccc2)C(=O)N1. The number of amides is 7. The number of aliphatic hydroxyl groups is 3. The first-order valence-corrected chi connectivity index (χ1v) is 31.0. The van der Waals surface area contributed by atoms with Gasteiger partial charge in [-0.1, -0.05) is 103 Å². The van der Waals surface area contributed by atoms with E-state index in [1.54, 1.807) is 78.0 Å². The number of benzene rings is 2. The van der Waals surface area contributed by atoms with E-state index in [1.165, 1.54) is 24.0 Å². The normalized spacial score (nSPS) is 22.7. The number of nitrogens with zero attached hydrogens (tertiary/aromatic N) is 2. The number of ether oxygens (including phenoxy) is 2. The van der Waals surface area contributed by atoms with Gasteiger partial charge in [-0.3, -0.25) is 28.8 Å². The number of nitrogens with one attached hydrogen (secondary N) is 7. The maximum absolute atomic E-state index is 15.1. The third kappa shape index (κ3) is 22.7. The smallest absolute Gasteiger partial charge is 0.408 e. The molecule has 4 rings (SSSR count). The van der Waals surface area contributed by atoms with Gasteiger partial charge in [-0.2, -0.15) is 0 Å². The van der Waals surface area contributed by atoms with Crippen LogP contribution in [-0.4, -0.2) is 160 Å². The van der Waals surface area contributed by atoms with Gasteiger partial charge in [0.2, 0.25) is 35.4 Å². The molecule has 83 heavy (non-hydrogen) atoms. The molecule has 0 saturated carbocycles. The third-order valence-corrected chi connectivity index (χ3v) is 18.3. The van der Waals surface area contributed by atoms with E-state index in [2.05, 4.69) is 58.1 Å². The minimum Gasteiger partial charge on any atom is -0.458 e. The molecule has 2 aromatic carbocycles. The number of fused-ring (bicyclic) bond motifs is 2. The van der Waals surface area contributed by atoms with Crippen molar-refractivity contribution in [2.45, 2.75) is 186 Å². The van der Waals surface area contributed by atoms with Crippen LogP contribution in [0.3, 0.4) is 0 Å².